The van der Waals surface area contributed by atoms with Crippen LogP contribution < -0.4 is 0 Å². The molecule has 0 radical (unpaired) electrons. The van der Waals surface area contributed by atoms with Gasteiger partial charge in [-0.3, -0.25) is 0 Å². The van der Waals surface area contributed by atoms with Gasteiger partial charge in [0, 0.05) is 0 Å². The second kappa shape index (κ2) is 4.75. The van der Waals surface area contributed by atoms with Crippen molar-refractivity contribution in [3.8, 4) is 0 Å². The summed E-state index contributed by atoms with van der Waals surface area (Å²) in [5.74, 6) is 0. The highest BCUT2D eigenvalue weighted by Gasteiger charge is 2.04. The van der Waals surface area contributed by atoms with Gasteiger partial charge in [0.2, 0.25) is 0 Å². The Bertz CT molecular complexity index is 495. The van der Waals surface area contributed by atoms with Crippen molar-refractivity contribution in [1.29, 1.82) is 0 Å². The maximum atomic E-state index is 2.27. The first-order valence-electron chi connectivity index (χ1n) is 6.18. The van der Waals surface area contributed by atoms with E-state index in [4.69, 9.17) is 0 Å². The predicted octanol–water partition coefficient (Wildman–Crippen LogP) is 4.51. The minimum atomic E-state index is 1.04. The third kappa shape index (κ3) is 2.76. The number of rotatable bonds is 2. The molecule has 0 saturated carbocycles. The summed E-state index contributed by atoms with van der Waals surface area (Å²) in [6, 6.07) is 13.4. The molecule has 0 atom stereocenters. The first-order valence-corrected chi connectivity index (χ1v) is 6.18. The molecular formula is C17H20. The largest absolute Gasteiger partial charge is 0.0590 e. The molecule has 0 saturated heterocycles. The normalized spacial score (nSPS) is 10.6. The third-order valence-electron chi connectivity index (χ3n) is 3.34. The molecule has 2 aromatic rings. The number of hydrogen-bond donors (Lipinski definition) is 0. The quantitative estimate of drug-likeness (QED) is 0.704. The monoisotopic (exact) mass is 224 g/mol. The van der Waals surface area contributed by atoms with E-state index in [1.54, 1.807) is 0 Å². The van der Waals surface area contributed by atoms with Crippen LogP contribution in [0.5, 0.6) is 0 Å². The molecule has 0 fully saturated rings. The molecule has 0 aliphatic carbocycles. The Morgan fingerprint density at radius 1 is 0.706 bits per heavy atom. The predicted molar refractivity (Wildman–Crippen MR) is 74.6 cm³/mol. The van der Waals surface area contributed by atoms with Crippen LogP contribution in [0.25, 0.3) is 0 Å². The van der Waals surface area contributed by atoms with E-state index in [1.165, 1.54) is 33.4 Å². The molecule has 2 rings (SSSR count). The van der Waals surface area contributed by atoms with Gasteiger partial charge in [-0.15, -0.1) is 0 Å². The van der Waals surface area contributed by atoms with E-state index in [0.29, 0.717) is 0 Å². The number of benzene rings is 2. The summed E-state index contributed by atoms with van der Waals surface area (Å²) in [5.41, 5.74) is 8.36. The van der Waals surface area contributed by atoms with Crippen LogP contribution in [0.1, 0.15) is 33.4 Å². The Kier molecular flexibility index (Phi) is 3.33. The zero-order valence-corrected chi connectivity index (χ0v) is 11.2. The molecule has 0 aliphatic heterocycles. The summed E-state index contributed by atoms with van der Waals surface area (Å²) in [5, 5.41) is 0. The first kappa shape index (κ1) is 11.9. The zero-order chi connectivity index (χ0) is 12.4. The molecular weight excluding hydrogens is 204 g/mol. The lowest BCUT2D eigenvalue weighted by Gasteiger charge is -2.11. The van der Waals surface area contributed by atoms with E-state index in [9.17, 15) is 0 Å². The van der Waals surface area contributed by atoms with Gasteiger partial charge in [0.05, 0.1) is 0 Å². The third-order valence-corrected chi connectivity index (χ3v) is 3.34. The standard InChI is InChI=1S/C17H20/c1-12-5-7-16(8-6-12)11-17-14(3)9-13(2)10-15(17)4/h5-10H,11H2,1-4H3. The first-order chi connectivity index (χ1) is 8.06. The molecule has 0 amide bonds. The summed E-state index contributed by atoms with van der Waals surface area (Å²) in [6.07, 6.45) is 1.04. The summed E-state index contributed by atoms with van der Waals surface area (Å²) >= 11 is 0. The average molecular weight is 224 g/mol. The molecule has 0 aliphatic rings. The molecule has 0 spiro atoms. The highest BCUT2D eigenvalue weighted by molar-refractivity contribution is 5.40. The van der Waals surface area contributed by atoms with Crippen LogP contribution in [0.3, 0.4) is 0 Å². The Balaban J connectivity index is 2.33. The summed E-state index contributed by atoms with van der Waals surface area (Å²) in [7, 11) is 0. The Labute approximate surface area is 104 Å². The van der Waals surface area contributed by atoms with Crippen LogP contribution in [0, 0.1) is 27.7 Å². The minimum Gasteiger partial charge on any atom is -0.0590 e. The highest BCUT2D eigenvalue weighted by atomic mass is 14.1. The Morgan fingerprint density at radius 3 is 1.76 bits per heavy atom. The highest BCUT2D eigenvalue weighted by Crippen LogP contribution is 2.20. The maximum absolute atomic E-state index is 2.27. The minimum absolute atomic E-state index is 1.04. The van der Waals surface area contributed by atoms with Gasteiger partial charge in [-0.25, -0.2) is 0 Å². The fourth-order valence-corrected chi connectivity index (χ4v) is 2.40. The molecule has 88 valence electrons. The van der Waals surface area contributed by atoms with Gasteiger partial charge in [-0.1, -0.05) is 47.5 Å². The van der Waals surface area contributed by atoms with Gasteiger partial charge in [-0.2, -0.15) is 0 Å². The van der Waals surface area contributed by atoms with E-state index in [0.717, 1.165) is 6.42 Å². The molecule has 17 heavy (non-hydrogen) atoms. The van der Waals surface area contributed by atoms with E-state index < -0.39 is 0 Å². The van der Waals surface area contributed by atoms with Crippen molar-refractivity contribution in [2.75, 3.05) is 0 Å². The summed E-state index contributed by atoms with van der Waals surface area (Å²) in [4.78, 5) is 0. The molecule has 0 unspecified atom stereocenters. The van der Waals surface area contributed by atoms with Crippen LogP contribution in [0.15, 0.2) is 36.4 Å². The van der Waals surface area contributed by atoms with Crippen LogP contribution >= 0.6 is 0 Å². The van der Waals surface area contributed by atoms with E-state index >= 15 is 0 Å². The van der Waals surface area contributed by atoms with Crippen molar-refractivity contribution in [1.82, 2.24) is 0 Å². The zero-order valence-electron chi connectivity index (χ0n) is 11.2. The maximum Gasteiger partial charge on any atom is -0.00205 e. The molecule has 2 aromatic carbocycles. The van der Waals surface area contributed by atoms with Gasteiger partial charge in [-0.05, 0) is 56.4 Å². The van der Waals surface area contributed by atoms with Crippen molar-refractivity contribution in [3.05, 3.63) is 69.8 Å². The molecule has 0 heterocycles. The lowest BCUT2D eigenvalue weighted by atomic mass is 9.94. The van der Waals surface area contributed by atoms with E-state index in [-0.39, 0.29) is 0 Å². The summed E-state index contributed by atoms with van der Waals surface area (Å²) in [6.45, 7) is 8.72. The van der Waals surface area contributed by atoms with Crippen molar-refractivity contribution < 1.29 is 0 Å². The number of hydrogen-bond acceptors (Lipinski definition) is 0. The molecule has 0 aromatic heterocycles. The topological polar surface area (TPSA) is 0 Å². The van der Waals surface area contributed by atoms with Gasteiger partial charge in [0.1, 0.15) is 0 Å². The van der Waals surface area contributed by atoms with Gasteiger partial charge >= 0.3 is 0 Å². The van der Waals surface area contributed by atoms with Crippen LogP contribution in [0.4, 0.5) is 0 Å². The van der Waals surface area contributed by atoms with Gasteiger partial charge in [0.15, 0.2) is 0 Å². The van der Waals surface area contributed by atoms with Crippen LogP contribution in [-0.4, -0.2) is 0 Å². The average Bonchev–Trinajstić information content (AvgIpc) is 2.26. The molecule has 0 heteroatoms. The van der Waals surface area contributed by atoms with Crippen molar-refractivity contribution >= 4 is 0 Å². The number of aryl methyl sites for hydroxylation is 4. The molecule has 0 nitrogen and oxygen atoms in total. The molecule has 0 bridgehead atoms. The second-order valence-electron chi connectivity index (χ2n) is 5.04. The van der Waals surface area contributed by atoms with Crippen molar-refractivity contribution in [3.63, 3.8) is 0 Å². The van der Waals surface area contributed by atoms with Gasteiger partial charge in [0.25, 0.3) is 0 Å². The van der Waals surface area contributed by atoms with Crippen molar-refractivity contribution in [2.24, 2.45) is 0 Å². The van der Waals surface area contributed by atoms with Crippen molar-refractivity contribution in [2.45, 2.75) is 34.1 Å². The lowest BCUT2D eigenvalue weighted by molar-refractivity contribution is 1.11. The lowest BCUT2D eigenvalue weighted by Crippen LogP contribution is -1.96. The van der Waals surface area contributed by atoms with Crippen LogP contribution in [-0.2, 0) is 6.42 Å². The fraction of sp³-hybridized carbons (Fsp3) is 0.294. The Morgan fingerprint density at radius 2 is 1.24 bits per heavy atom. The molecule has 0 N–H and O–H groups in total. The summed E-state index contributed by atoms with van der Waals surface area (Å²) < 4.78 is 0. The fourth-order valence-electron chi connectivity index (χ4n) is 2.40. The SMILES string of the molecule is Cc1ccc(Cc2c(C)cc(C)cc2C)cc1. The Hall–Kier alpha value is -1.56. The van der Waals surface area contributed by atoms with Gasteiger partial charge < -0.3 is 0 Å². The van der Waals surface area contributed by atoms with Crippen LogP contribution in [0.2, 0.25) is 0 Å². The smallest absolute Gasteiger partial charge is 0.00205 e. The van der Waals surface area contributed by atoms with E-state index in [2.05, 4.69) is 64.1 Å². The second-order valence-corrected chi connectivity index (χ2v) is 5.04. The van der Waals surface area contributed by atoms with E-state index in [1.807, 2.05) is 0 Å².